The van der Waals surface area contributed by atoms with E-state index >= 15 is 0 Å². The van der Waals surface area contributed by atoms with Gasteiger partial charge in [-0.1, -0.05) is 30.3 Å². The Kier molecular flexibility index (Phi) is 3.76. The van der Waals surface area contributed by atoms with E-state index < -0.39 is 12.0 Å². The predicted molar refractivity (Wildman–Crippen MR) is 62.2 cm³/mol. The first-order valence-electron chi connectivity index (χ1n) is 5.31. The lowest BCUT2D eigenvalue weighted by Crippen LogP contribution is -2.30. The minimum Gasteiger partial charge on any atom is -0.460 e. The Morgan fingerprint density at radius 2 is 2.12 bits per heavy atom. The maximum absolute atomic E-state index is 11.7. The van der Waals surface area contributed by atoms with Crippen LogP contribution >= 0.6 is 11.8 Å². The van der Waals surface area contributed by atoms with Crippen LogP contribution in [0, 0.1) is 0 Å². The zero-order chi connectivity index (χ0) is 12.3. The standard InChI is InChI=1S/C12H12ClNO3/c13-14-7-10(15)6-11(14)12(16)17-8-9-4-2-1-3-5-9/h1-5,11H,6-8H2/t11-/m0/s1. The summed E-state index contributed by atoms with van der Waals surface area (Å²) in [7, 11) is 0. The molecule has 1 heterocycles. The van der Waals surface area contributed by atoms with Gasteiger partial charge in [-0.2, -0.15) is 4.42 Å². The molecule has 1 aromatic rings. The Balaban J connectivity index is 1.88. The lowest BCUT2D eigenvalue weighted by molar-refractivity contribution is -0.149. The van der Waals surface area contributed by atoms with Crippen molar-refractivity contribution in [3.63, 3.8) is 0 Å². The highest BCUT2D eigenvalue weighted by Crippen LogP contribution is 2.18. The number of benzene rings is 1. The number of carbonyl (C=O) groups is 2. The Bertz CT molecular complexity index is 421. The summed E-state index contributed by atoms with van der Waals surface area (Å²) in [6.07, 6.45) is 0.136. The molecule has 2 rings (SSSR count). The van der Waals surface area contributed by atoms with Crippen LogP contribution in [0.15, 0.2) is 30.3 Å². The highest BCUT2D eigenvalue weighted by atomic mass is 35.5. The maximum atomic E-state index is 11.7. The summed E-state index contributed by atoms with van der Waals surface area (Å²) < 4.78 is 6.32. The number of hydrogen-bond acceptors (Lipinski definition) is 4. The van der Waals surface area contributed by atoms with Gasteiger partial charge >= 0.3 is 5.97 Å². The van der Waals surface area contributed by atoms with Crippen molar-refractivity contribution in [2.75, 3.05) is 6.54 Å². The van der Waals surface area contributed by atoms with Gasteiger partial charge in [-0.3, -0.25) is 9.59 Å². The second-order valence-electron chi connectivity index (χ2n) is 3.91. The van der Waals surface area contributed by atoms with Gasteiger partial charge in [0.25, 0.3) is 0 Å². The fourth-order valence-corrected chi connectivity index (χ4v) is 1.96. The lowest BCUT2D eigenvalue weighted by atomic mass is 10.2. The quantitative estimate of drug-likeness (QED) is 0.605. The molecular formula is C12H12ClNO3. The molecule has 1 aliphatic heterocycles. The number of ether oxygens (including phenoxy) is 1. The van der Waals surface area contributed by atoms with E-state index in [4.69, 9.17) is 16.5 Å². The van der Waals surface area contributed by atoms with Crippen LogP contribution in [0.2, 0.25) is 0 Å². The van der Waals surface area contributed by atoms with Gasteiger partial charge in [0.1, 0.15) is 18.4 Å². The summed E-state index contributed by atoms with van der Waals surface area (Å²) in [4.78, 5) is 22.8. The minimum absolute atomic E-state index is 0.0401. The Hall–Kier alpha value is -1.39. The molecule has 0 bridgehead atoms. The van der Waals surface area contributed by atoms with Crippen LogP contribution in [0.1, 0.15) is 12.0 Å². The zero-order valence-corrected chi connectivity index (χ0v) is 9.89. The Morgan fingerprint density at radius 3 is 2.71 bits per heavy atom. The first-order valence-corrected chi connectivity index (χ1v) is 5.65. The third-order valence-corrected chi connectivity index (χ3v) is 2.94. The molecule has 0 unspecified atom stereocenters. The van der Waals surface area contributed by atoms with E-state index in [2.05, 4.69) is 0 Å². The molecule has 5 heteroatoms. The van der Waals surface area contributed by atoms with Gasteiger partial charge in [-0.15, -0.1) is 0 Å². The number of hydrogen-bond donors (Lipinski definition) is 0. The van der Waals surface area contributed by atoms with E-state index in [1.54, 1.807) is 0 Å². The molecule has 4 nitrogen and oxygen atoms in total. The van der Waals surface area contributed by atoms with E-state index in [-0.39, 0.29) is 25.4 Å². The highest BCUT2D eigenvalue weighted by molar-refractivity contribution is 6.17. The van der Waals surface area contributed by atoms with Crippen LogP contribution in [0.4, 0.5) is 0 Å². The molecule has 0 spiro atoms. The van der Waals surface area contributed by atoms with Crippen LogP contribution in [-0.2, 0) is 20.9 Å². The first kappa shape index (κ1) is 12.1. The normalized spacial score (nSPS) is 20.5. The van der Waals surface area contributed by atoms with Crippen molar-refractivity contribution in [1.82, 2.24) is 4.42 Å². The third-order valence-electron chi connectivity index (χ3n) is 2.58. The summed E-state index contributed by atoms with van der Waals surface area (Å²) in [5.41, 5.74) is 0.909. The van der Waals surface area contributed by atoms with Crippen molar-refractivity contribution >= 4 is 23.5 Å². The van der Waals surface area contributed by atoms with Crippen molar-refractivity contribution in [3.05, 3.63) is 35.9 Å². The molecular weight excluding hydrogens is 242 g/mol. The summed E-state index contributed by atoms with van der Waals surface area (Å²) >= 11 is 5.76. The van der Waals surface area contributed by atoms with Crippen molar-refractivity contribution < 1.29 is 14.3 Å². The average molecular weight is 254 g/mol. The fourth-order valence-electron chi connectivity index (χ4n) is 1.68. The van der Waals surface area contributed by atoms with E-state index in [1.807, 2.05) is 30.3 Å². The molecule has 0 aromatic heterocycles. The zero-order valence-electron chi connectivity index (χ0n) is 9.14. The number of Topliss-reactive ketones (excluding diaryl/α,β-unsaturated/α-hetero) is 1. The highest BCUT2D eigenvalue weighted by Gasteiger charge is 2.36. The van der Waals surface area contributed by atoms with Gasteiger partial charge < -0.3 is 4.74 Å². The molecule has 1 atom stereocenters. The van der Waals surface area contributed by atoms with Gasteiger partial charge in [0.2, 0.25) is 0 Å². The van der Waals surface area contributed by atoms with E-state index in [9.17, 15) is 9.59 Å². The SMILES string of the molecule is O=C1C[C@@H](C(=O)OCc2ccccc2)N(Cl)C1. The molecule has 0 radical (unpaired) electrons. The Morgan fingerprint density at radius 1 is 1.41 bits per heavy atom. The second-order valence-corrected chi connectivity index (χ2v) is 4.34. The van der Waals surface area contributed by atoms with Gasteiger partial charge in [-0.25, -0.2) is 0 Å². The Labute approximate surface area is 104 Å². The predicted octanol–water partition coefficient (Wildman–Crippen LogP) is 1.53. The molecule has 0 N–H and O–H groups in total. The largest absolute Gasteiger partial charge is 0.460 e. The number of ketones is 1. The summed E-state index contributed by atoms with van der Waals surface area (Å²) in [5, 5.41) is 0. The fraction of sp³-hybridized carbons (Fsp3) is 0.333. The van der Waals surface area contributed by atoms with E-state index in [0.717, 1.165) is 5.56 Å². The van der Waals surface area contributed by atoms with Gasteiger partial charge in [0, 0.05) is 6.42 Å². The molecule has 1 saturated heterocycles. The van der Waals surface area contributed by atoms with Crippen LogP contribution < -0.4 is 0 Å². The van der Waals surface area contributed by atoms with Crippen LogP contribution in [0.25, 0.3) is 0 Å². The summed E-state index contributed by atoms with van der Waals surface area (Å²) in [5.74, 6) is -0.489. The van der Waals surface area contributed by atoms with Crippen LogP contribution in [0.5, 0.6) is 0 Å². The molecule has 17 heavy (non-hydrogen) atoms. The second kappa shape index (κ2) is 5.29. The topological polar surface area (TPSA) is 46.6 Å². The molecule has 90 valence electrons. The van der Waals surface area contributed by atoms with Crippen molar-refractivity contribution in [3.8, 4) is 0 Å². The minimum atomic E-state index is -0.645. The number of nitrogens with zero attached hydrogens (tertiary/aromatic N) is 1. The maximum Gasteiger partial charge on any atom is 0.325 e. The first-order chi connectivity index (χ1) is 8.16. The number of esters is 1. The molecule has 1 fully saturated rings. The average Bonchev–Trinajstić information content (AvgIpc) is 2.67. The summed E-state index contributed by atoms with van der Waals surface area (Å²) in [6, 6.07) is 8.72. The molecule has 0 saturated carbocycles. The van der Waals surface area contributed by atoms with Gasteiger partial charge in [0.05, 0.1) is 6.54 Å². The summed E-state index contributed by atoms with van der Waals surface area (Å²) in [6.45, 7) is 0.307. The smallest absolute Gasteiger partial charge is 0.325 e. The van der Waals surface area contributed by atoms with Crippen molar-refractivity contribution in [2.24, 2.45) is 0 Å². The van der Waals surface area contributed by atoms with Crippen molar-refractivity contribution in [2.45, 2.75) is 19.1 Å². The van der Waals surface area contributed by atoms with E-state index in [0.29, 0.717) is 0 Å². The lowest BCUT2D eigenvalue weighted by Gasteiger charge is -2.14. The van der Waals surface area contributed by atoms with Gasteiger partial charge in [-0.05, 0) is 17.3 Å². The number of carbonyl (C=O) groups excluding carboxylic acids is 2. The molecule has 0 amide bonds. The van der Waals surface area contributed by atoms with Crippen LogP contribution in [0.3, 0.4) is 0 Å². The van der Waals surface area contributed by atoms with E-state index in [1.165, 1.54) is 4.42 Å². The van der Waals surface area contributed by atoms with Gasteiger partial charge in [0.15, 0.2) is 0 Å². The monoisotopic (exact) mass is 253 g/mol. The molecule has 0 aliphatic carbocycles. The number of halogens is 1. The molecule has 1 aliphatic rings. The van der Waals surface area contributed by atoms with Crippen molar-refractivity contribution in [1.29, 1.82) is 0 Å². The number of rotatable bonds is 3. The molecule has 1 aromatic carbocycles. The van der Waals surface area contributed by atoms with Crippen LogP contribution in [-0.4, -0.2) is 28.8 Å². The third kappa shape index (κ3) is 3.05.